The number of hydrogen-bond acceptors (Lipinski definition) is 3. The van der Waals surface area contributed by atoms with E-state index in [1.54, 1.807) is 12.2 Å². The first-order valence-corrected chi connectivity index (χ1v) is 8.89. The van der Waals surface area contributed by atoms with E-state index in [0.29, 0.717) is 12.5 Å². The molecule has 0 bridgehead atoms. The van der Waals surface area contributed by atoms with Crippen molar-refractivity contribution in [2.45, 2.75) is 38.3 Å². The first kappa shape index (κ1) is 19.2. The highest BCUT2D eigenvalue weighted by molar-refractivity contribution is 6.00. The second kappa shape index (κ2) is 7.98. The highest BCUT2D eigenvalue weighted by Crippen LogP contribution is 2.33. The van der Waals surface area contributed by atoms with Crippen LogP contribution in [0.4, 0.5) is 13.2 Å². The van der Waals surface area contributed by atoms with Gasteiger partial charge in [0.2, 0.25) is 0 Å². The smallest absolute Gasteiger partial charge is 0.416 e. The van der Waals surface area contributed by atoms with Crippen LogP contribution in [0, 0.1) is 5.92 Å². The quantitative estimate of drug-likeness (QED) is 0.824. The number of amides is 1. The van der Waals surface area contributed by atoms with Gasteiger partial charge in [-0.15, -0.1) is 0 Å². The van der Waals surface area contributed by atoms with Gasteiger partial charge >= 0.3 is 6.18 Å². The summed E-state index contributed by atoms with van der Waals surface area (Å²) in [4.78, 5) is 24.0. The number of rotatable bonds is 5. The molecule has 144 valence electrons. The van der Waals surface area contributed by atoms with Crippen LogP contribution in [-0.2, 0) is 11.0 Å². The number of hydrogen-bond donors (Lipinski definition) is 1. The second-order valence-corrected chi connectivity index (χ2v) is 6.80. The third kappa shape index (κ3) is 4.99. The number of ether oxygens (including phenoxy) is 1. The monoisotopic (exact) mass is 379 g/mol. The molecule has 3 rings (SSSR count). The largest absolute Gasteiger partial charge is 0.492 e. The number of alkyl halides is 3. The topological polar surface area (TPSA) is 55.4 Å². The van der Waals surface area contributed by atoms with Crippen LogP contribution in [0.5, 0.6) is 5.75 Å². The minimum absolute atomic E-state index is 0.110. The molecule has 1 fully saturated rings. The molecule has 27 heavy (non-hydrogen) atoms. The molecule has 1 aromatic rings. The summed E-state index contributed by atoms with van der Waals surface area (Å²) < 4.78 is 44.9. The Morgan fingerprint density at radius 1 is 1.22 bits per heavy atom. The van der Waals surface area contributed by atoms with Gasteiger partial charge in [0.15, 0.2) is 5.78 Å². The van der Waals surface area contributed by atoms with E-state index < -0.39 is 17.6 Å². The molecule has 1 aromatic carbocycles. The predicted molar refractivity (Wildman–Crippen MR) is 93.2 cm³/mol. The lowest BCUT2D eigenvalue weighted by Crippen LogP contribution is -2.25. The maximum Gasteiger partial charge on any atom is 0.416 e. The summed E-state index contributed by atoms with van der Waals surface area (Å²) in [6.07, 6.45) is 4.31. The molecule has 2 aliphatic carbocycles. The Kier molecular flexibility index (Phi) is 5.68. The number of allylic oxidation sites excluding steroid dienone is 3. The Morgan fingerprint density at radius 3 is 2.63 bits per heavy atom. The lowest BCUT2D eigenvalue weighted by molar-refractivity contribution is -0.137. The average molecular weight is 379 g/mol. The Bertz CT molecular complexity index is 790. The van der Waals surface area contributed by atoms with Crippen LogP contribution in [0.25, 0.3) is 0 Å². The van der Waals surface area contributed by atoms with E-state index in [2.05, 4.69) is 5.32 Å². The molecule has 0 aromatic heterocycles. The van der Waals surface area contributed by atoms with Crippen LogP contribution >= 0.6 is 0 Å². The minimum Gasteiger partial charge on any atom is -0.492 e. The van der Waals surface area contributed by atoms with Gasteiger partial charge in [-0.05, 0) is 43.0 Å². The van der Waals surface area contributed by atoms with Crippen molar-refractivity contribution in [1.29, 1.82) is 0 Å². The first-order chi connectivity index (χ1) is 12.8. The van der Waals surface area contributed by atoms with E-state index in [4.69, 9.17) is 4.74 Å². The molecule has 0 unspecified atom stereocenters. The number of carbonyl (C=O) groups is 2. The predicted octanol–water partition coefficient (Wildman–Crippen LogP) is 4.42. The Morgan fingerprint density at radius 2 is 1.96 bits per heavy atom. The maximum atomic E-state index is 13.1. The molecule has 0 heterocycles. The number of carbonyl (C=O) groups excluding carboxylic acids is 2. The van der Waals surface area contributed by atoms with Gasteiger partial charge in [0.05, 0.1) is 17.7 Å². The van der Waals surface area contributed by atoms with Crippen LogP contribution in [-0.4, -0.2) is 18.3 Å². The third-order valence-electron chi connectivity index (χ3n) is 4.69. The Labute approximate surface area is 155 Å². The molecule has 0 aliphatic heterocycles. The second-order valence-electron chi connectivity index (χ2n) is 6.80. The molecule has 1 amide bonds. The Balaban J connectivity index is 1.83. The molecule has 0 saturated heterocycles. The van der Waals surface area contributed by atoms with Crippen molar-refractivity contribution >= 4 is 11.7 Å². The van der Waals surface area contributed by atoms with Crippen molar-refractivity contribution in [2.24, 2.45) is 5.92 Å². The van der Waals surface area contributed by atoms with Gasteiger partial charge in [-0.2, -0.15) is 13.2 Å². The summed E-state index contributed by atoms with van der Waals surface area (Å²) in [7, 11) is 0. The van der Waals surface area contributed by atoms with E-state index in [9.17, 15) is 22.8 Å². The summed E-state index contributed by atoms with van der Waals surface area (Å²) in [5.41, 5.74) is -0.879. The Hall–Kier alpha value is -2.57. The highest BCUT2D eigenvalue weighted by atomic mass is 19.4. The van der Waals surface area contributed by atoms with Crippen LogP contribution < -0.4 is 10.1 Å². The van der Waals surface area contributed by atoms with Crippen molar-refractivity contribution in [2.75, 3.05) is 6.61 Å². The fraction of sp³-hybridized carbons (Fsp3) is 0.400. The third-order valence-corrected chi connectivity index (χ3v) is 4.69. The van der Waals surface area contributed by atoms with Crippen LogP contribution in [0.15, 0.2) is 42.1 Å². The molecule has 4 nitrogen and oxygen atoms in total. The summed E-state index contributed by atoms with van der Waals surface area (Å²) in [5, 5.41) is 2.48. The molecule has 0 spiro atoms. The fourth-order valence-corrected chi connectivity index (χ4v) is 3.25. The molecule has 0 radical (unpaired) electrons. The van der Waals surface area contributed by atoms with Gasteiger partial charge in [0.25, 0.3) is 5.91 Å². The lowest BCUT2D eigenvalue weighted by atomic mass is 10.1. The van der Waals surface area contributed by atoms with E-state index in [-0.39, 0.29) is 29.2 Å². The van der Waals surface area contributed by atoms with E-state index in [0.717, 1.165) is 37.8 Å². The van der Waals surface area contributed by atoms with Crippen molar-refractivity contribution < 1.29 is 27.5 Å². The van der Waals surface area contributed by atoms with Crippen LogP contribution in [0.1, 0.15) is 48.0 Å². The lowest BCUT2D eigenvalue weighted by Gasteiger charge is -2.17. The fourth-order valence-electron chi connectivity index (χ4n) is 3.25. The summed E-state index contributed by atoms with van der Waals surface area (Å²) >= 11 is 0. The normalized spacial score (nSPS) is 17.7. The number of halogens is 3. The van der Waals surface area contributed by atoms with Gasteiger partial charge in [-0.3, -0.25) is 9.59 Å². The number of benzene rings is 1. The van der Waals surface area contributed by atoms with Crippen molar-refractivity contribution in [1.82, 2.24) is 5.32 Å². The van der Waals surface area contributed by atoms with Crippen LogP contribution in [0.2, 0.25) is 0 Å². The zero-order chi connectivity index (χ0) is 19.4. The summed E-state index contributed by atoms with van der Waals surface area (Å²) in [6.45, 7) is 0.368. The highest BCUT2D eigenvalue weighted by Gasteiger charge is 2.32. The number of nitrogens with one attached hydrogen (secondary N) is 1. The molecular weight excluding hydrogens is 359 g/mol. The van der Waals surface area contributed by atoms with Gasteiger partial charge in [0, 0.05) is 18.2 Å². The van der Waals surface area contributed by atoms with Crippen molar-refractivity contribution in [3.63, 3.8) is 0 Å². The maximum absolute atomic E-state index is 13.1. The molecule has 2 aliphatic rings. The van der Waals surface area contributed by atoms with Gasteiger partial charge < -0.3 is 10.1 Å². The van der Waals surface area contributed by atoms with E-state index in [1.807, 2.05) is 0 Å². The standard InChI is InChI=1S/C20H20F3NO3/c21-20(22,23)14-8-9-18(27-12-13-4-1-2-5-13)17(10-14)19(26)24-15-6-3-7-16(25)11-15/h3,6,8-11,13H,1-2,4-5,7,12H2,(H,24,26). The van der Waals surface area contributed by atoms with Gasteiger partial charge in [-0.25, -0.2) is 0 Å². The average Bonchev–Trinajstić information content (AvgIpc) is 3.12. The number of ketones is 1. The van der Waals surface area contributed by atoms with E-state index in [1.165, 1.54) is 12.1 Å². The molecule has 1 N–H and O–H groups in total. The molecule has 7 heteroatoms. The van der Waals surface area contributed by atoms with Crippen molar-refractivity contribution in [3.05, 3.63) is 53.3 Å². The molecule has 0 atom stereocenters. The SMILES string of the molecule is O=C1C=C(NC(=O)c2cc(C(F)(F)F)ccc2OCC2CCCC2)C=CC1. The zero-order valence-corrected chi connectivity index (χ0v) is 14.6. The van der Waals surface area contributed by atoms with Gasteiger partial charge in [-0.1, -0.05) is 18.9 Å². The summed E-state index contributed by atoms with van der Waals surface area (Å²) in [5.74, 6) is -0.466. The first-order valence-electron chi connectivity index (χ1n) is 8.89. The molecular formula is C20H20F3NO3. The van der Waals surface area contributed by atoms with E-state index >= 15 is 0 Å². The zero-order valence-electron chi connectivity index (χ0n) is 14.6. The van der Waals surface area contributed by atoms with Crippen LogP contribution in [0.3, 0.4) is 0 Å². The van der Waals surface area contributed by atoms with Crippen molar-refractivity contribution in [3.8, 4) is 5.75 Å². The molecule has 1 saturated carbocycles. The minimum atomic E-state index is -4.57. The van der Waals surface area contributed by atoms with Gasteiger partial charge in [0.1, 0.15) is 5.75 Å². The summed E-state index contributed by atoms with van der Waals surface area (Å²) in [6, 6.07) is 2.88.